The van der Waals surface area contributed by atoms with Gasteiger partial charge in [0.2, 0.25) is 5.91 Å². The number of rotatable bonds is 3. The van der Waals surface area contributed by atoms with E-state index in [9.17, 15) is 14.0 Å². The molecular formula is C15H19FN2O3S. The molecule has 7 heteroatoms. The van der Waals surface area contributed by atoms with Crippen LogP contribution in [0.5, 0.6) is 0 Å². The van der Waals surface area contributed by atoms with Crippen molar-refractivity contribution in [2.75, 3.05) is 39.5 Å². The van der Waals surface area contributed by atoms with E-state index >= 15 is 0 Å². The Morgan fingerprint density at radius 2 is 2.14 bits per heavy atom. The molecule has 5 nitrogen and oxygen atoms in total. The molecule has 0 saturated carbocycles. The van der Waals surface area contributed by atoms with Gasteiger partial charge in [0, 0.05) is 37.5 Å². The van der Waals surface area contributed by atoms with E-state index in [1.54, 1.807) is 9.80 Å². The van der Waals surface area contributed by atoms with Gasteiger partial charge in [0.05, 0.1) is 31.4 Å². The molecule has 2 fully saturated rings. The minimum absolute atomic E-state index is 0.0130. The molecule has 0 aliphatic carbocycles. The van der Waals surface area contributed by atoms with Crippen molar-refractivity contribution in [3.8, 4) is 0 Å². The lowest BCUT2D eigenvalue weighted by molar-refractivity contribution is -0.131. The van der Waals surface area contributed by atoms with Crippen LogP contribution in [0.4, 0.5) is 4.39 Å². The van der Waals surface area contributed by atoms with E-state index in [0.717, 1.165) is 0 Å². The summed E-state index contributed by atoms with van der Waals surface area (Å²) in [5, 5.41) is 3.73. The first kappa shape index (κ1) is 15.4. The molecule has 2 saturated heterocycles. The normalized spacial score (nSPS) is 25.0. The van der Waals surface area contributed by atoms with Crippen molar-refractivity contribution in [1.29, 1.82) is 0 Å². The van der Waals surface area contributed by atoms with Crippen molar-refractivity contribution in [2.24, 2.45) is 5.92 Å². The van der Waals surface area contributed by atoms with E-state index in [4.69, 9.17) is 4.74 Å². The van der Waals surface area contributed by atoms with Gasteiger partial charge in [0.25, 0.3) is 5.91 Å². The first-order chi connectivity index (χ1) is 10.7. The van der Waals surface area contributed by atoms with Gasteiger partial charge in [-0.2, -0.15) is 11.3 Å². The average Bonchev–Trinajstić information content (AvgIpc) is 3.13. The summed E-state index contributed by atoms with van der Waals surface area (Å²) < 4.78 is 18.1. The van der Waals surface area contributed by atoms with Crippen molar-refractivity contribution < 1.29 is 18.7 Å². The standard InChI is InChI=1S/C15H19FN2O3S/c16-3-1-14(19)18-8-12-7-17(4-5-21-13(12)9-18)15(20)11-2-6-22-10-11/h2,6,10,12-13H,1,3-5,7-9H2/t12-,13+/m0/s1. The highest BCUT2D eigenvalue weighted by Crippen LogP contribution is 2.25. The zero-order chi connectivity index (χ0) is 15.5. The minimum atomic E-state index is -0.631. The zero-order valence-electron chi connectivity index (χ0n) is 12.2. The number of alkyl halides is 1. The van der Waals surface area contributed by atoms with Crippen molar-refractivity contribution >= 4 is 23.2 Å². The fourth-order valence-corrected chi connectivity index (χ4v) is 3.72. The van der Waals surface area contributed by atoms with Crippen LogP contribution in [0.1, 0.15) is 16.8 Å². The number of carbonyl (C=O) groups excluding carboxylic acids is 2. The van der Waals surface area contributed by atoms with Gasteiger partial charge < -0.3 is 14.5 Å². The van der Waals surface area contributed by atoms with Crippen LogP contribution in [-0.4, -0.2) is 67.2 Å². The van der Waals surface area contributed by atoms with Gasteiger partial charge in [-0.15, -0.1) is 0 Å². The fraction of sp³-hybridized carbons (Fsp3) is 0.600. The van der Waals surface area contributed by atoms with E-state index in [1.807, 2.05) is 16.8 Å². The Morgan fingerprint density at radius 3 is 2.86 bits per heavy atom. The Morgan fingerprint density at radius 1 is 1.32 bits per heavy atom. The topological polar surface area (TPSA) is 49.9 Å². The number of ether oxygens (including phenoxy) is 1. The molecule has 0 bridgehead atoms. The van der Waals surface area contributed by atoms with Gasteiger partial charge in [-0.1, -0.05) is 0 Å². The monoisotopic (exact) mass is 326 g/mol. The molecule has 120 valence electrons. The Kier molecular flexibility index (Phi) is 4.73. The summed E-state index contributed by atoms with van der Waals surface area (Å²) in [6.45, 7) is 2.04. The lowest BCUT2D eigenvalue weighted by atomic mass is 10.1. The minimum Gasteiger partial charge on any atom is -0.374 e. The number of hydrogen-bond acceptors (Lipinski definition) is 4. The summed E-state index contributed by atoms with van der Waals surface area (Å²) in [6, 6.07) is 1.82. The summed E-state index contributed by atoms with van der Waals surface area (Å²) in [7, 11) is 0. The predicted molar refractivity (Wildman–Crippen MR) is 80.6 cm³/mol. The van der Waals surface area contributed by atoms with E-state index in [2.05, 4.69) is 0 Å². The number of halogens is 1. The summed E-state index contributed by atoms with van der Waals surface area (Å²) in [6.07, 6.45) is -0.124. The molecule has 0 unspecified atom stereocenters. The summed E-state index contributed by atoms with van der Waals surface area (Å²) in [4.78, 5) is 27.8. The number of amides is 2. The second-order valence-corrected chi connectivity index (χ2v) is 6.45. The predicted octanol–water partition coefficient (Wildman–Crippen LogP) is 1.41. The highest BCUT2D eigenvalue weighted by molar-refractivity contribution is 7.08. The highest BCUT2D eigenvalue weighted by atomic mass is 32.1. The summed E-state index contributed by atoms with van der Waals surface area (Å²) >= 11 is 1.50. The second kappa shape index (κ2) is 6.75. The van der Waals surface area contributed by atoms with E-state index in [1.165, 1.54) is 11.3 Å². The van der Waals surface area contributed by atoms with E-state index in [0.29, 0.717) is 38.3 Å². The Labute approximate surface area is 132 Å². The third-order valence-corrected chi connectivity index (χ3v) is 4.93. The second-order valence-electron chi connectivity index (χ2n) is 5.67. The van der Waals surface area contributed by atoms with Gasteiger partial charge in [-0.05, 0) is 11.4 Å². The summed E-state index contributed by atoms with van der Waals surface area (Å²) in [5.41, 5.74) is 0.701. The molecule has 22 heavy (non-hydrogen) atoms. The molecule has 0 aromatic carbocycles. The lowest BCUT2D eigenvalue weighted by Crippen LogP contribution is -2.37. The first-order valence-electron chi connectivity index (χ1n) is 7.46. The molecular weight excluding hydrogens is 307 g/mol. The van der Waals surface area contributed by atoms with E-state index < -0.39 is 6.67 Å². The molecule has 1 aromatic heterocycles. The van der Waals surface area contributed by atoms with Gasteiger partial charge in [-0.3, -0.25) is 14.0 Å². The molecule has 2 aliphatic rings. The molecule has 0 spiro atoms. The highest BCUT2D eigenvalue weighted by Gasteiger charge is 2.39. The number of hydrogen-bond donors (Lipinski definition) is 0. The number of likely N-dealkylation sites (tertiary alicyclic amines) is 1. The first-order valence-corrected chi connectivity index (χ1v) is 8.40. The molecule has 0 N–H and O–H groups in total. The average molecular weight is 326 g/mol. The number of fused-ring (bicyclic) bond motifs is 1. The van der Waals surface area contributed by atoms with Crippen molar-refractivity contribution in [3.05, 3.63) is 22.4 Å². The van der Waals surface area contributed by atoms with Crippen molar-refractivity contribution in [2.45, 2.75) is 12.5 Å². The van der Waals surface area contributed by atoms with Crippen LogP contribution in [0, 0.1) is 5.92 Å². The maximum Gasteiger partial charge on any atom is 0.254 e. The number of carbonyl (C=O) groups is 2. The lowest BCUT2D eigenvalue weighted by Gasteiger charge is -2.23. The molecule has 2 aliphatic heterocycles. The number of thiophene rings is 1. The van der Waals surface area contributed by atoms with E-state index in [-0.39, 0.29) is 30.3 Å². The molecule has 3 heterocycles. The quantitative estimate of drug-likeness (QED) is 0.844. The Balaban J connectivity index is 1.65. The van der Waals surface area contributed by atoms with Crippen molar-refractivity contribution in [1.82, 2.24) is 9.80 Å². The summed E-state index contributed by atoms with van der Waals surface area (Å²) in [5.74, 6) is -0.0532. The SMILES string of the molecule is O=C(CCF)N1C[C@@H]2CN(C(=O)c3ccsc3)CCO[C@@H]2C1. The molecule has 3 rings (SSSR count). The number of nitrogens with zero attached hydrogens (tertiary/aromatic N) is 2. The van der Waals surface area contributed by atoms with Crippen LogP contribution in [0.15, 0.2) is 16.8 Å². The van der Waals surface area contributed by atoms with Crippen LogP contribution >= 0.6 is 11.3 Å². The zero-order valence-corrected chi connectivity index (χ0v) is 13.1. The molecule has 2 atom stereocenters. The van der Waals surface area contributed by atoms with Gasteiger partial charge in [-0.25, -0.2) is 0 Å². The molecule has 0 radical (unpaired) electrons. The van der Waals surface area contributed by atoms with Crippen LogP contribution in [0.2, 0.25) is 0 Å². The van der Waals surface area contributed by atoms with Crippen LogP contribution in [-0.2, 0) is 9.53 Å². The fourth-order valence-electron chi connectivity index (χ4n) is 3.09. The maximum atomic E-state index is 12.5. The van der Waals surface area contributed by atoms with Crippen LogP contribution in [0.3, 0.4) is 0 Å². The smallest absolute Gasteiger partial charge is 0.254 e. The van der Waals surface area contributed by atoms with Crippen molar-refractivity contribution in [3.63, 3.8) is 0 Å². The molecule has 2 amide bonds. The van der Waals surface area contributed by atoms with Gasteiger partial charge in [0.1, 0.15) is 0 Å². The largest absolute Gasteiger partial charge is 0.374 e. The van der Waals surface area contributed by atoms with Crippen LogP contribution < -0.4 is 0 Å². The molecule has 1 aromatic rings. The third-order valence-electron chi connectivity index (χ3n) is 4.25. The maximum absolute atomic E-state index is 12.5. The van der Waals surface area contributed by atoms with Gasteiger partial charge >= 0.3 is 0 Å². The van der Waals surface area contributed by atoms with Crippen LogP contribution in [0.25, 0.3) is 0 Å². The Hall–Kier alpha value is -1.47. The van der Waals surface area contributed by atoms with Gasteiger partial charge in [0.15, 0.2) is 0 Å². The third kappa shape index (κ3) is 3.15. The Bertz CT molecular complexity index is 537.